The molecule has 1 aliphatic carbocycles. The molecule has 0 aromatic carbocycles. The van der Waals surface area contributed by atoms with E-state index >= 15 is 0 Å². The van der Waals surface area contributed by atoms with Crippen LogP contribution in [0.1, 0.15) is 25.7 Å². The topological polar surface area (TPSA) is 25.4 Å². The Hall–Kier alpha value is -1.30. The van der Waals surface area contributed by atoms with E-state index in [1.54, 1.807) is 6.20 Å². The zero-order valence-corrected chi connectivity index (χ0v) is 12.5. The number of hydrogen-bond acceptors (Lipinski definition) is 3. The first kappa shape index (κ1) is 15.6. The average Bonchev–Trinajstić information content (AvgIpc) is 3.28. The maximum atomic E-state index is 13.0. The quantitative estimate of drug-likeness (QED) is 0.831. The SMILES string of the molecule is FC(F)(F)C1(CN2CCC(COc3ccccn3)CC2)CC1. The second-order valence-electron chi connectivity index (χ2n) is 6.48. The minimum absolute atomic E-state index is 0.171. The van der Waals surface area contributed by atoms with Gasteiger partial charge in [0.1, 0.15) is 0 Å². The number of hydrogen-bond donors (Lipinski definition) is 0. The molecule has 0 amide bonds. The van der Waals surface area contributed by atoms with Crippen molar-refractivity contribution in [3.05, 3.63) is 24.4 Å². The summed E-state index contributed by atoms with van der Waals surface area (Å²) in [5.74, 6) is 1.01. The Balaban J connectivity index is 1.41. The summed E-state index contributed by atoms with van der Waals surface area (Å²) in [6.07, 6.45) is -0.00390. The van der Waals surface area contributed by atoms with E-state index in [9.17, 15) is 13.2 Å². The van der Waals surface area contributed by atoms with Gasteiger partial charge in [0.05, 0.1) is 12.0 Å². The van der Waals surface area contributed by atoms with Gasteiger partial charge in [0.25, 0.3) is 0 Å². The lowest BCUT2D eigenvalue weighted by molar-refractivity contribution is -0.192. The summed E-state index contributed by atoms with van der Waals surface area (Å²) in [6.45, 7) is 2.22. The molecule has 2 fully saturated rings. The number of piperidine rings is 1. The van der Waals surface area contributed by atoms with Crippen molar-refractivity contribution in [3.8, 4) is 5.88 Å². The van der Waals surface area contributed by atoms with Crippen LogP contribution in [0.2, 0.25) is 0 Å². The second-order valence-corrected chi connectivity index (χ2v) is 6.48. The number of likely N-dealkylation sites (tertiary alicyclic amines) is 1. The van der Waals surface area contributed by atoms with Crippen LogP contribution in [0.3, 0.4) is 0 Å². The van der Waals surface area contributed by atoms with Gasteiger partial charge >= 0.3 is 6.18 Å². The van der Waals surface area contributed by atoms with E-state index in [1.165, 1.54) is 0 Å². The highest BCUT2D eigenvalue weighted by Gasteiger charge is 2.63. The standard InChI is InChI=1S/C16H21F3N2O/c17-16(18,19)15(6-7-15)12-21-9-4-13(5-10-21)11-22-14-3-1-2-8-20-14/h1-3,8,13H,4-7,9-12H2. The number of ether oxygens (including phenoxy) is 1. The molecule has 1 saturated heterocycles. The molecular weight excluding hydrogens is 293 g/mol. The van der Waals surface area contributed by atoms with Crippen LogP contribution in [-0.4, -0.2) is 42.3 Å². The summed E-state index contributed by atoms with van der Waals surface area (Å²) in [4.78, 5) is 6.07. The molecule has 3 nitrogen and oxygen atoms in total. The van der Waals surface area contributed by atoms with Gasteiger partial charge in [0.15, 0.2) is 0 Å². The molecule has 0 atom stereocenters. The van der Waals surface area contributed by atoms with E-state index in [4.69, 9.17) is 4.74 Å². The maximum Gasteiger partial charge on any atom is 0.395 e. The van der Waals surface area contributed by atoms with Gasteiger partial charge in [-0.1, -0.05) is 6.07 Å². The largest absolute Gasteiger partial charge is 0.477 e. The van der Waals surface area contributed by atoms with Crippen LogP contribution in [0.25, 0.3) is 0 Å². The molecule has 1 aromatic heterocycles. The fourth-order valence-electron chi connectivity index (χ4n) is 3.06. The lowest BCUT2D eigenvalue weighted by atomic mass is 9.96. The highest BCUT2D eigenvalue weighted by Crippen LogP contribution is 2.58. The number of alkyl halides is 3. The lowest BCUT2D eigenvalue weighted by Crippen LogP contribution is -2.43. The predicted molar refractivity (Wildman–Crippen MR) is 76.6 cm³/mol. The summed E-state index contributed by atoms with van der Waals surface area (Å²) in [6, 6.07) is 5.52. The van der Waals surface area contributed by atoms with Gasteiger partial charge in [0, 0.05) is 18.8 Å². The van der Waals surface area contributed by atoms with Gasteiger partial charge < -0.3 is 9.64 Å². The highest BCUT2D eigenvalue weighted by molar-refractivity contribution is 5.09. The Morgan fingerprint density at radius 2 is 1.95 bits per heavy atom. The van der Waals surface area contributed by atoms with E-state index in [2.05, 4.69) is 4.98 Å². The number of halogens is 3. The van der Waals surface area contributed by atoms with Crippen LogP contribution in [0.15, 0.2) is 24.4 Å². The highest BCUT2D eigenvalue weighted by atomic mass is 19.4. The van der Waals surface area contributed by atoms with Crippen LogP contribution in [0.4, 0.5) is 13.2 Å². The Bertz CT molecular complexity index is 480. The normalized spacial score (nSPS) is 22.5. The molecule has 6 heteroatoms. The number of rotatable bonds is 5. The van der Waals surface area contributed by atoms with Crippen LogP contribution in [0.5, 0.6) is 5.88 Å². The second kappa shape index (κ2) is 6.07. The van der Waals surface area contributed by atoms with Crippen molar-refractivity contribution in [2.45, 2.75) is 31.9 Å². The van der Waals surface area contributed by atoms with E-state index in [1.807, 2.05) is 23.1 Å². The van der Waals surface area contributed by atoms with Crippen LogP contribution in [-0.2, 0) is 0 Å². The van der Waals surface area contributed by atoms with Gasteiger partial charge in [-0.05, 0) is 50.8 Å². The van der Waals surface area contributed by atoms with E-state index < -0.39 is 11.6 Å². The molecule has 122 valence electrons. The zero-order chi connectivity index (χ0) is 15.6. The minimum Gasteiger partial charge on any atom is -0.477 e. The van der Waals surface area contributed by atoms with E-state index in [-0.39, 0.29) is 6.54 Å². The molecule has 3 rings (SSSR count). The van der Waals surface area contributed by atoms with Crippen LogP contribution in [0, 0.1) is 11.3 Å². The molecule has 1 aliphatic heterocycles. The fourth-order valence-corrected chi connectivity index (χ4v) is 3.06. The van der Waals surface area contributed by atoms with Gasteiger partial charge in [-0.25, -0.2) is 4.98 Å². The molecule has 2 heterocycles. The number of aromatic nitrogens is 1. The Morgan fingerprint density at radius 3 is 2.50 bits per heavy atom. The van der Waals surface area contributed by atoms with Crippen molar-refractivity contribution >= 4 is 0 Å². The molecule has 0 N–H and O–H groups in total. The monoisotopic (exact) mass is 314 g/mol. The first-order valence-corrected chi connectivity index (χ1v) is 7.81. The summed E-state index contributed by atoms with van der Waals surface area (Å²) >= 11 is 0. The van der Waals surface area contributed by atoms with E-state index in [0.29, 0.717) is 31.2 Å². The number of nitrogens with zero attached hydrogens (tertiary/aromatic N) is 2. The summed E-state index contributed by atoms with van der Waals surface area (Å²) in [7, 11) is 0. The first-order valence-electron chi connectivity index (χ1n) is 7.81. The molecule has 0 unspecified atom stereocenters. The van der Waals surface area contributed by atoms with Crippen LogP contribution >= 0.6 is 0 Å². The first-order chi connectivity index (χ1) is 10.5. The van der Waals surface area contributed by atoms with Crippen molar-refractivity contribution in [3.63, 3.8) is 0 Å². The van der Waals surface area contributed by atoms with E-state index in [0.717, 1.165) is 25.9 Å². The Kier molecular flexibility index (Phi) is 4.30. The molecule has 0 spiro atoms. The third-order valence-electron chi connectivity index (χ3n) is 4.79. The summed E-state index contributed by atoms with van der Waals surface area (Å²) < 4.78 is 44.6. The Morgan fingerprint density at radius 1 is 1.23 bits per heavy atom. The van der Waals surface area contributed by atoms with Gasteiger partial charge in [-0.2, -0.15) is 13.2 Å². The number of pyridine rings is 1. The smallest absolute Gasteiger partial charge is 0.395 e. The minimum atomic E-state index is -4.05. The molecule has 0 bridgehead atoms. The van der Waals surface area contributed by atoms with Crippen molar-refractivity contribution in [1.82, 2.24) is 9.88 Å². The summed E-state index contributed by atoms with van der Waals surface area (Å²) in [5.41, 5.74) is -1.41. The maximum absolute atomic E-state index is 13.0. The third-order valence-corrected chi connectivity index (χ3v) is 4.79. The van der Waals surface area contributed by atoms with Gasteiger partial charge in [0.2, 0.25) is 5.88 Å². The molecule has 0 radical (unpaired) electrons. The van der Waals surface area contributed by atoms with Crippen molar-refractivity contribution in [1.29, 1.82) is 0 Å². The molecular formula is C16H21F3N2O. The van der Waals surface area contributed by atoms with Crippen molar-refractivity contribution in [2.75, 3.05) is 26.2 Å². The third kappa shape index (κ3) is 3.54. The Labute approximate surface area is 128 Å². The predicted octanol–water partition coefficient (Wildman–Crippen LogP) is 3.51. The molecule has 1 aromatic rings. The average molecular weight is 314 g/mol. The van der Waals surface area contributed by atoms with Gasteiger partial charge in [-0.15, -0.1) is 0 Å². The summed E-state index contributed by atoms with van der Waals surface area (Å²) in [5, 5.41) is 0. The molecule has 1 saturated carbocycles. The van der Waals surface area contributed by atoms with Crippen molar-refractivity contribution in [2.24, 2.45) is 11.3 Å². The molecule has 22 heavy (non-hydrogen) atoms. The van der Waals surface area contributed by atoms with Crippen LogP contribution < -0.4 is 4.74 Å². The van der Waals surface area contributed by atoms with Gasteiger partial charge in [-0.3, -0.25) is 0 Å². The van der Waals surface area contributed by atoms with Crippen molar-refractivity contribution < 1.29 is 17.9 Å². The zero-order valence-electron chi connectivity index (χ0n) is 12.5. The molecule has 2 aliphatic rings. The lowest BCUT2D eigenvalue weighted by Gasteiger charge is -2.34. The fraction of sp³-hybridized carbons (Fsp3) is 0.688.